The van der Waals surface area contributed by atoms with E-state index in [1.54, 1.807) is 0 Å². The Morgan fingerprint density at radius 2 is 2.42 bits per heavy atom. The number of halogens is 1. The summed E-state index contributed by atoms with van der Waals surface area (Å²) in [5, 5.41) is 3.00. The smallest absolute Gasteiger partial charge is 0.139 e. The summed E-state index contributed by atoms with van der Waals surface area (Å²) in [6.45, 7) is 4.16. The van der Waals surface area contributed by atoms with Gasteiger partial charge in [0, 0.05) is 13.2 Å². The van der Waals surface area contributed by atoms with Crippen molar-refractivity contribution in [3.63, 3.8) is 0 Å². The zero-order valence-corrected chi connectivity index (χ0v) is 7.68. The molecule has 1 aliphatic rings. The molecule has 3 heteroatoms. The van der Waals surface area contributed by atoms with Gasteiger partial charge in [0.1, 0.15) is 6.17 Å². The van der Waals surface area contributed by atoms with Gasteiger partial charge in [-0.1, -0.05) is 13.3 Å². The van der Waals surface area contributed by atoms with E-state index in [1.165, 1.54) is 0 Å². The molecule has 0 bridgehead atoms. The Kier molecular flexibility index (Phi) is 4.54. The summed E-state index contributed by atoms with van der Waals surface area (Å²) in [6, 6.07) is 0. The molecular weight excluding hydrogens is 157 g/mol. The van der Waals surface area contributed by atoms with Gasteiger partial charge in [-0.05, 0) is 19.4 Å². The van der Waals surface area contributed by atoms with Gasteiger partial charge in [0.05, 0.1) is 6.10 Å². The summed E-state index contributed by atoms with van der Waals surface area (Å²) < 4.78 is 18.5. The van der Waals surface area contributed by atoms with Crippen LogP contribution >= 0.6 is 0 Å². The number of alkyl halides is 1. The van der Waals surface area contributed by atoms with Gasteiger partial charge in [0.15, 0.2) is 0 Å². The maximum absolute atomic E-state index is 13.1. The zero-order chi connectivity index (χ0) is 8.81. The molecule has 1 fully saturated rings. The molecule has 0 amide bonds. The molecule has 72 valence electrons. The van der Waals surface area contributed by atoms with Gasteiger partial charge in [-0.15, -0.1) is 0 Å². The number of hydrogen-bond acceptors (Lipinski definition) is 2. The Bertz CT molecular complexity index is 121. The molecule has 1 heterocycles. The monoisotopic (exact) mass is 175 g/mol. The first-order valence-corrected chi connectivity index (χ1v) is 4.81. The maximum atomic E-state index is 13.1. The molecule has 1 saturated heterocycles. The van der Waals surface area contributed by atoms with E-state index in [-0.39, 0.29) is 6.10 Å². The van der Waals surface area contributed by atoms with Crippen molar-refractivity contribution in [2.24, 2.45) is 0 Å². The SMILES string of the molecule is CCCCOC1CCNCC1F. The molecule has 2 unspecified atom stereocenters. The Morgan fingerprint density at radius 3 is 3.08 bits per heavy atom. The van der Waals surface area contributed by atoms with Crippen molar-refractivity contribution >= 4 is 0 Å². The molecule has 0 aromatic rings. The highest BCUT2D eigenvalue weighted by Crippen LogP contribution is 2.11. The van der Waals surface area contributed by atoms with Crippen LogP contribution in [0.2, 0.25) is 0 Å². The Balaban J connectivity index is 2.11. The minimum atomic E-state index is -0.810. The minimum absolute atomic E-state index is 0.155. The molecule has 0 spiro atoms. The average Bonchev–Trinajstić information content (AvgIpc) is 2.09. The lowest BCUT2D eigenvalue weighted by molar-refractivity contribution is -0.0189. The zero-order valence-electron chi connectivity index (χ0n) is 7.68. The van der Waals surface area contributed by atoms with E-state index >= 15 is 0 Å². The second-order valence-electron chi connectivity index (χ2n) is 3.27. The highest BCUT2D eigenvalue weighted by atomic mass is 19.1. The number of ether oxygens (including phenoxy) is 1. The summed E-state index contributed by atoms with van der Waals surface area (Å²) >= 11 is 0. The van der Waals surface area contributed by atoms with Crippen LogP contribution in [0.25, 0.3) is 0 Å². The highest BCUT2D eigenvalue weighted by molar-refractivity contribution is 4.78. The van der Waals surface area contributed by atoms with Crippen LogP contribution in [-0.4, -0.2) is 32.0 Å². The number of hydrogen-bond donors (Lipinski definition) is 1. The molecule has 1 rings (SSSR count). The number of unbranched alkanes of at least 4 members (excludes halogenated alkanes) is 1. The average molecular weight is 175 g/mol. The van der Waals surface area contributed by atoms with E-state index in [9.17, 15) is 4.39 Å². The van der Waals surface area contributed by atoms with Crippen molar-refractivity contribution in [2.75, 3.05) is 19.7 Å². The first-order chi connectivity index (χ1) is 5.84. The van der Waals surface area contributed by atoms with Crippen molar-refractivity contribution < 1.29 is 9.13 Å². The molecule has 0 radical (unpaired) electrons. The molecule has 0 saturated carbocycles. The molecule has 2 nitrogen and oxygen atoms in total. The van der Waals surface area contributed by atoms with Gasteiger partial charge in [-0.2, -0.15) is 0 Å². The molecule has 0 aliphatic carbocycles. The van der Waals surface area contributed by atoms with Crippen LogP contribution in [0.4, 0.5) is 4.39 Å². The number of rotatable bonds is 4. The molecular formula is C9H18FNO. The first kappa shape index (κ1) is 9.93. The lowest BCUT2D eigenvalue weighted by Crippen LogP contribution is -2.42. The van der Waals surface area contributed by atoms with Crippen molar-refractivity contribution in [1.82, 2.24) is 5.32 Å². The van der Waals surface area contributed by atoms with Gasteiger partial charge in [0.25, 0.3) is 0 Å². The Morgan fingerprint density at radius 1 is 1.58 bits per heavy atom. The Hall–Kier alpha value is -0.150. The van der Waals surface area contributed by atoms with Crippen LogP contribution in [0.3, 0.4) is 0 Å². The largest absolute Gasteiger partial charge is 0.375 e. The van der Waals surface area contributed by atoms with Gasteiger partial charge in [-0.25, -0.2) is 4.39 Å². The van der Waals surface area contributed by atoms with Crippen LogP contribution in [0.15, 0.2) is 0 Å². The van der Waals surface area contributed by atoms with Crippen molar-refractivity contribution in [1.29, 1.82) is 0 Å². The van der Waals surface area contributed by atoms with Crippen molar-refractivity contribution in [3.05, 3.63) is 0 Å². The molecule has 0 aromatic heterocycles. The standard InChI is InChI=1S/C9H18FNO/c1-2-3-6-12-9-4-5-11-7-8(9)10/h8-9,11H,2-7H2,1H3. The van der Waals surface area contributed by atoms with E-state index in [0.29, 0.717) is 13.2 Å². The fourth-order valence-electron chi connectivity index (χ4n) is 1.36. The minimum Gasteiger partial charge on any atom is -0.375 e. The van der Waals surface area contributed by atoms with E-state index < -0.39 is 6.17 Å². The maximum Gasteiger partial charge on any atom is 0.139 e. The first-order valence-electron chi connectivity index (χ1n) is 4.81. The Labute approximate surface area is 73.5 Å². The van der Waals surface area contributed by atoms with E-state index in [4.69, 9.17) is 4.74 Å². The van der Waals surface area contributed by atoms with Crippen LogP contribution in [0.1, 0.15) is 26.2 Å². The van der Waals surface area contributed by atoms with Crippen LogP contribution < -0.4 is 5.32 Å². The summed E-state index contributed by atoms with van der Waals surface area (Å²) in [4.78, 5) is 0. The second kappa shape index (κ2) is 5.49. The van der Waals surface area contributed by atoms with Crippen LogP contribution in [-0.2, 0) is 4.74 Å². The second-order valence-corrected chi connectivity index (χ2v) is 3.27. The molecule has 1 N–H and O–H groups in total. The fourth-order valence-corrected chi connectivity index (χ4v) is 1.36. The van der Waals surface area contributed by atoms with Gasteiger partial charge >= 0.3 is 0 Å². The fraction of sp³-hybridized carbons (Fsp3) is 1.00. The van der Waals surface area contributed by atoms with E-state index in [2.05, 4.69) is 12.2 Å². The summed E-state index contributed by atoms with van der Waals surface area (Å²) in [5.41, 5.74) is 0. The quantitative estimate of drug-likeness (QED) is 0.654. The van der Waals surface area contributed by atoms with E-state index in [1.807, 2.05) is 0 Å². The topological polar surface area (TPSA) is 21.3 Å². The normalized spacial score (nSPS) is 30.5. The predicted molar refractivity (Wildman–Crippen MR) is 47.0 cm³/mol. The predicted octanol–water partition coefficient (Wildman–Crippen LogP) is 1.50. The molecule has 12 heavy (non-hydrogen) atoms. The number of nitrogens with one attached hydrogen (secondary N) is 1. The van der Waals surface area contributed by atoms with Gasteiger partial charge < -0.3 is 10.1 Å². The summed E-state index contributed by atoms with van der Waals surface area (Å²) in [7, 11) is 0. The van der Waals surface area contributed by atoms with Crippen LogP contribution in [0.5, 0.6) is 0 Å². The lowest BCUT2D eigenvalue weighted by atomic mass is 10.1. The van der Waals surface area contributed by atoms with Gasteiger partial charge in [-0.3, -0.25) is 0 Å². The summed E-state index contributed by atoms with van der Waals surface area (Å²) in [6.07, 6.45) is 2.00. The molecule has 1 aliphatic heterocycles. The third-order valence-corrected chi connectivity index (χ3v) is 2.18. The molecule has 0 aromatic carbocycles. The molecule has 2 atom stereocenters. The summed E-state index contributed by atoms with van der Waals surface area (Å²) in [5.74, 6) is 0. The third-order valence-electron chi connectivity index (χ3n) is 2.18. The third kappa shape index (κ3) is 3.07. The van der Waals surface area contributed by atoms with Gasteiger partial charge in [0.2, 0.25) is 0 Å². The lowest BCUT2D eigenvalue weighted by Gasteiger charge is -2.26. The van der Waals surface area contributed by atoms with Crippen molar-refractivity contribution in [2.45, 2.75) is 38.5 Å². The highest BCUT2D eigenvalue weighted by Gasteiger charge is 2.24. The van der Waals surface area contributed by atoms with E-state index in [0.717, 1.165) is 25.8 Å². The number of piperidine rings is 1. The van der Waals surface area contributed by atoms with Crippen LogP contribution in [0, 0.1) is 0 Å². The van der Waals surface area contributed by atoms with Crippen molar-refractivity contribution in [3.8, 4) is 0 Å².